The third-order valence-corrected chi connectivity index (χ3v) is 4.52. The van der Waals surface area contributed by atoms with Crippen LogP contribution < -0.4 is 26.4 Å². The summed E-state index contributed by atoms with van der Waals surface area (Å²) in [4.78, 5) is 11.3. The molecule has 1 saturated heterocycles. The number of rotatable bonds is 5. The average molecular weight is 371 g/mol. The van der Waals surface area contributed by atoms with Crippen molar-refractivity contribution in [3.63, 3.8) is 0 Å². The van der Waals surface area contributed by atoms with E-state index in [2.05, 4.69) is 27.1 Å². The first-order valence-corrected chi connectivity index (χ1v) is 8.68. The van der Waals surface area contributed by atoms with Crippen molar-refractivity contribution in [3.8, 4) is 17.0 Å². The molecule has 1 aliphatic rings. The molecule has 1 fully saturated rings. The van der Waals surface area contributed by atoms with Gasteiger partial charge >= 0.3 is 0 Å². The maximum Gasteiger partial charge on any atom is 0.224 e. The summed E-state index contributed by atoms with van der Waals surface area (Å²) in [5, 5.41) is 10.7. The monoisotopic (exact) mass is 371 g/mol. The topological polar surface area (TPSA) is 135 Å². The van der Waals surface area contributed by atoms with Crippen molar-refractivity contribution in [1.29, 1.82) is 5.41 Å². The first-order chi connectivity index (χ1) is 12.9. The smallest absolute Gasteiger partial charge is 0.224 e. The summed E-state index contributed by atoms with van der Waals surface area (Å²) in [7, 11) is 3.30. The number of nitrogens with two attached hydrogens (primary N) is 2. The first kappa shape index (κ1) is 18.7. The second kappa shape index (κ2) is 7.67. The maximum absolute atomic E-state index is 7.71. The number of nitrogens with one attached hydrogen (secondary N) is 2. The van der Waals surface area contributed by atoms with Crippen LogP contribution in [0.25, 0.3) is 11.3 Å². The van der Waals surface area contributed by atoms with Gasteiger partial charge in [-0.2, -0.15) is 4.98 Å². The van der Waals surface area contributed by atoms with Gasteiger partial charge in [-0.3, -0.25) is 5.41 Å². The molecule has 2 heterocycles. The van der Waals surface area contributed by atoms with Gasteiger partial charge in [0.1, 0.15) is 17.4 Å². The fraction of sp³-hybridized carbons (Fsp3) is 0.389. The zero-order chi connectivity index (χ0) is 19.6. The molecule has 0 radical (unpaired) electrons. The molecule has 1 aliphatic heterocycles. The Bertz CT molecular complexity index is 856. The number of aromatic nitrogens is 2. The number of morpholine rings is 1. The Hall–Kier alpha value is -3.07. The van der Waals surface area contributed by atoms with E-state index >= 15 is 0 Å². The Morgan fingerprint density at radius 1 is 1.37 bits per heavy atom. The van der Waals surface area contributed by atoms with Gasteiger partial charge in [0.15, 0.2) is 0 Å². The highest BCUT2D eigenvalue weighted by Crippen LogP contribution is 2.33. The van der Waals surface area contributed by atoms with E-state index in [0.29, 0.717) is 41.9 Å². The van der Waals surface area contributed by atoms with Crippen LogP contribution in [0.2, 0.25) is 0 Å². The van der Waals surface area contributed by atoms with Crippen molar-refractivity contribution in [1.82, 2.24) is 9.97 Å². The highest BCUT2D eigenvalue weighted by Gasteiger charge is 2.22. The SMILES string of the molecule is CNc1nc(-c2cc(N)c(C(=N)N)c(OC)c2)cc(N2CCOCC2C)n1. The van der Waals surface area contributed by atoms with Gasteiger partial charge in [0.05, 0.1) is 37.6 Å². The summed E-state index contributed by atoms with van der Waals surface area (Å²) in [6.45, 7) is 4.17. The zero-order valence-electron chi connectivity index (χ0n) is 15.7. The zero-order valence-corrected chi connectivity index (χ0v) is 15.7. The van der Waals surface area contributed by atoms with Crippen molar-refractivity contribution in [2.24, 2.45) is 5.73 Å². The molecule has 1 atom stereocenters. The van der Waals surface area contributed by atoms with Crippen molar-refractivity contribution < 1.29 is 9.47 Å². The minimum Gasteiger partial charge on any atom is -0.496 e. The fourth-order valence-electron chi connectivity index (χ4n) is 3.14. The number of nitrogen functional groups attached to an aromatic ring is 2. The quantitative estimate of drug-likeness (QED) is 0.351. The molecule has 9 heteroatoms. The number of benzene rings is 1. The molecule has 144 valence electrons. The molecule has 1 aromatic heterocycles. The van der Waals surface area contributed by atoms with Crippen LogP contribution in [0, 0.1) is 5.41 Å². The molecule has 0 spiro atoms. The second-order valence-electron chi connectivity index (χ2n) is 6.36. The van der Waals surface area contributed by atoms with E-state index in [1.165, 1.54) is 7.11 Å². The molecule has 1 unspecified atom stereocenters. The van der Waals surface area contributed by atoms with E-state index in [1.54, 1.807) is 19.2 Å². The van der Waals surface area contributed by atoms with Crippen LogP contribution in [0.4, 0.5) is 17.5 Å². The molecule has 2 aromatic rings. The van der Waals surface area contributed by atoms with Crippen molar-refractivity contribution in [2.45, 2.75) is 13.0 Å². The standard InChI is InChI=1S/C18H25N7O2/c1-10-9-27-5-4-25(10)15-8-13(23-18(22-2)24-15)11-6-12(19)16(17(20)21)14(7-11)26-3/h6-8,10H,4-5,9,19H2,1-3H3,(H3,20,21)(H,22,23,24). The molecule has 0 amide bonds. The number of hydrogen-bond donors (Lipinski definition) is 4. The minimum atomic E-state index is -0.141. The molecular formula is C18H25N7O2. The van der Waals surface area contributed by atoms with Crippen LogP contribution in [-0.2, 0) is 4.74 Å². The Morgan fingerprint density at radius 3 is 2.78 bits per heavy atom. The number of nitrogens with zero attached hydrogens (tertiary/aromatic N) is 3. The van der Waals surface area contributed by atoms with Crippen LogP contribution in [0.5, 0.6) is 5.75 Å². The van der Waals surface area contributed by atoms with Gasteiger partial charge < -0.3 is 31.2 Å². The van der Waals surface area contributed by atoms with Gasteiger partial charge in [-0.15, -0.1) is 0 Å². The molecule has 6 N–H and O–H groups in total. The van der Waals surface area contributed by atoms with Gasteiger partial charge in [-0.25, -0.2) is 4.98 Å². The molecular weight excluding hydrogens is 346 g/mol. The summed E-state index contributed by atoms with van der Waals surface area (Å²) in [6, 6.07) is 5.66. The summed E-state index contributed by atoms with van der Waals surface area (Å²) in [5.74, 6) is 1.61. The van der Waals surface area contributed by atoms with Crippen molar-refractivity contribution >= 4 is 23.3 Å². The van der Waals surface area contributed by atoms with E-state index in [0.717, 1.165) is 17.9 Å². The van der Waals surface area contributed by atoms with Gasteiger partial charge in [0.2, 0.25) is 5.95 Å². The summed E-state index contributed by atoms with van der Waals surface area (Å²) in [5.41, 5.74) is 14.0. The Labute approximate surface area is 158 Å². The third kappa shape index (κ3) is 3.72. The van der Waals surface area contributed by atoms with Crippen molar-refractivity contribution in [2.75, 3.05) is 49.9 Å². The van der Waals surface area contributed by atoms with Gasteiger partial charge in [-0.1, -0.05) is 0 Å². The lowest BCUT2D eigenvalue weighted by atomic mass is 10.0. The lowest BCUT2D eigenvalue weighted by Crippen LogP contribution is -2.44. The highest BCUT2D eigenvalue weighted by molar-refractivity contribution is 6.03. The minimum absolute atomic E-state index is 0.141. The van der Waals surface area contributed by atoms with Gasteiger partial charge in [0.25, 0.3) is 0 Å². The normalized spacial score (nSPS) is 16.9. The first-order valence-electron chi connectivity index (χ1n) is 8.68. The molecule has 0 bridgehead atoms. The van der Waals surface area contributed by atoms with Crippen LogP contribution in [0.1, 0.15) is 12.5 Å². The number of methoxy groups -OCH3 is 1. The molecule has 1 aromatic carbocycles. The summed E-state index contributed by atoms with van der Waals surface area (Å²) < 4.78 is 10.9. The predicted molar refractivity (Wildman–Crippen MR) is 107 cm³/mol. The lowest BCUT2D eigenvalue weighted by Gasteiger charge is -2.34. The Kier molecular flexibility index (Phi) is 5.31. The van der Waals surface area contributed by atoms with Gasteiger partial charge in [-0.05, 0) is 19.1 Å². The number of ether oxygens (including phenoxy) is 2. The van der Waals surface area contributed by atoms with Gasteiger partial charge in [0, 0.05) is 30.9 Å². The highest BCUT2D eigenvalue weighted by atomic mass is 16.5. The molecule has 0 aliphatic carbocycles. The second-order valence-corrected chi connectivity index (χ2v) is 6.36. The third-order valence-electron chi connectivity index (χ3n) is 4.52. The van der Waals surface area contributed by atoms with Crippen LogP contribution in [-0.4, -0.2) is 55.8 Å². The summed E-state index contributed by atoms with van der Waals surface area (Å²) in [6.07, 6.45) is 0. The molecule has 3 rings (SSSR count). The predicted octanol–water partition coefficient (Wildman–Crippen LogP) is 1.29. The lowest BCUT2D eigenvalue weighted by molar-refractivity contribution is 0.0985. The maximum atomic E-state index is 7.71. The number of anilines is 3. The fourth-order valence-corrected chi connectivity index (χ4v) is 3.14. The summed E-state index contributed by atoms with van der Waals surface area (Å²) >= 11 is 0. The van der Waals surface area contributed by atoms with E-state index in [4.69, 9.17) is 26.4 Å². The Balaban J connectivity index is 2.10. The van der Waals surface area contributed by atoms with E-state index < -0.39 is 0 Å². The molecule has 9 nitrogen and oxygen atoms in total. The largest absolute Gasteiger partial charge is 0.496 e. The average Bonchev–Trinajstić information content (AvgIpc) is 2.66. The van der Waals surface area contributed by atoms with Crippen molar-refractivity contribution in [3.05, 3.63) is 23.8 Å². The molecule has 27 heavy (non-hydrogen) atoms. The molecule has 0 saturated carbocycles. The van der Waals surface area contributed by atoms with E-state index in [1.807, 2.05) is 6.07 Å². The van der Waals surface area contributed by atoms with Crippen LogP contribution >= 0.6 is 0 Å². The number of hydrogen-bond acceptors (Lipinski definition) is 8. The van der Waals surface area contributed by atoms with Crippen LogP contribution in [0.15, 0.2) is 18.2 Å². The van der Waals surface area contributed by atoms with E-state index in [9.17, 15) is 0 Å². The van der Waals surface area contributed by atoms with E-state index in [-0.39, 0.29) is 11.9 Å². The Morgan fingerprint density at radius 2 is 2.15 bits per heavy atom. The van der Waals surface area contributed by atoms with Crippen LogP contribution in [0.3, 0.4) is 0 Å². The number of amidine groups is 1.